The number of halogens is 1. The van der Waals surface area contributed by atoms with Crippen LogP contribution in [0.5, 0.6) is 0 Å². The van der Waals surface area contributed by atoms with Crippen LogP contribution < -0.4 is 5.73 Å². The van der Waals surface area contributed by atoms with E-state index in [1.54, 1.807) is 12.1 Å². The summed E-state index contributed by atoms with van der Waals surface area (Å²) in [6.07, 6.45) is 0.733. The predicted molar refractivity (Wildman–Crippen MR) is 74.9 cm³/mol. The minimum absolute atomic E-state index is 0.0766. The number of rotatable bonds is 7. The molecule has 0 saturated heterocycles. The van der Waals surface area contributed by atoms with Gasteiger partial charge in [0.25, 0.3) is 0 Å². The summed E-state index contributed by atoms with van der Waals surface area (Å²) < 4.78 is 13.4. The molecule has 0 bridgehead atoms. The molecule has 0 heterocycles. The summed E-state index contributed by atoms with van der Waals surface area (Å²) in [6, 6.07) is 4.82. The van der Waals surface area contributed by atoms with E-state index in [0.717, 1.165) is 25.1 Å². The third-order valence-corrected chi connectivity index (χ3v) is 3.00. The first-order valence-electron chi connectivity index (χ1n) is 6.00. The van der Waals surface area contributed by atoms with Crippen LogP contribution in [0.25, 0.3) is 0 Å². The monoisotopic (exact) mass is 270 g/mol. The van der Waals surface area contributed by atoms with Crippen molar-refractivity contribution in [3.63, 3.8) is 0 Å². The van der Waals surface area contributed by atoms with Gasteiger partial charge in [-0.1, -0.05) is 25.2 Å². The van der Waals surface area contributed by atoms with Gasteiger partial charge in [0.2, 0.25) is 0 Å². The predicted octanol–water partition coefficient (Wildman–Crippen LogP) is 1.66. The molecular formula is C13H19FN2OS. The molecule has 18 heavy (non-hydrogen) atoms. The van der Waals surface area contributed by atoms with E-state index >= 15 is 0 Å². The van der Waals surface area contributed by atoms with Gasteiger partial charge in [0.05, 0.1) is 0 Å². The van der Waals surface area contributed by atoms with Crippen LogP contribution in [0.4, 0.5) is 4.39 Å². The zero-order chi connectivity index (χ0) is 13.5. The lowest BCUT2D eigenvalue weighted by Crippen LogP contribution is -2.25. The fourth-order valence-corrected chi connectivity index (χ4v) is 1.92. The van der Waals surface area contributed by atoms with Gasteiger partial charge < -0.3 is 10.8 Å². The smallest absolute Gasteiger partial charge is 0.133 e. The molecule has 0 fully saturated rings. The third kappa shape index (κ3) is 4.33. The molecule has 3 nitrogen and oxygen atoms in total. The van der Waals surface area contributed by atoms with Crippen LogP contribution in [0, 0.1) is 5.82 Å². The maximum Gasteiger partial charge on any atom is 0.133 e. The lowest BCUT2D eigenvalue weighted by atomic mass is 10.1. The van der Waals surface area contributed by atoms with Crippen molar-refractivity contribution in [3.05, 3.63) is 35.1 Å². The second-order valence-electron chi connectivity index (χ2n) is 4.12. The first-order chi connectivity index (χ1) is 8.58. The van der Waals surface area contributed by atoms with Crippen molar-refractivity contribution in [1.82, 2.24) is 4.90 Å². The Morgan fingerprint density at radius 3 is 2.78 bits per heavy atom. The summed E-state index contributed by atoms with van der Waals surface area (Å²) in [5.41, 5.74) is 6.74. The summed E-state index contributed by atoms with van der Waals surface area (Å²) in [7, 11) is 0. The fourth-order valence-electron chi connectivity index (χ4n) is 1.76. The average molecular weight is 270 g/mol. The van der Waals surface area contributed by atoms with E-state index in [1.807, 2.05) is 0 Å². The molecule has 0 aliphatic carbocycles. The van der Waals surface area contributed by atoms with Crippen molar-refractivity contribution in [2.75, 3.05) is 19.7 Å². The van der Waals surface area contributed by atoms with Crippen LogP contribution in [-0.4, -0.2) is 34.7 Å². The minimum atomic E-state index is -0.385. The van der Waals surface area contributed by atoms with E-state index < -0.39 is 0 Å². The molecule has 0 spiro atoms. The number of hydrogen-bond acceptors (Lipinski definition) is 3. The van der Waals surface area contributed by atoms with E-state index in [-0.39, 0.29) is 17.4 Å². The Labute approximate surface area is 112 Å². The van der Waals surface area contributed by atoms with Crippen LogP contribution >= 0.6 is 12.2 Å². The first kappa shape index (κ1) is 15.0. The summed E-state index contributed by atoms with van der Waals surface area (Å²) >= 11 is 4.81. The van der Waals surface area contributed by atoms with Crippen molar-refractivity contribution in [2.24, 2.45) is 5.73 Å². The number of hydrogen-bond donors (Lipinski definition) is 2. The Morgan fingerprint density at radius 2 is 2.22 bits per heavy atom. The van der Waals surface area contributed by atoms with Crippen LogP contribution in [0.2, 0.25) is 0 Å². The van der Waals surface area contributed by atoms with Gasteiger partial charge in [-0.05, 0) is 30.7 Å². The van der Waals surface area contributed by atoms with E-state index in [0.29, 0.717) is 12.1 Å². The van der Waals surface area contributed by atoms with Gasteiger partial charge in [-0.2, -0.15) is 0 Å². The lowest BCUT2D eigenvalue weighted by molar-refractivity contribution is 0.225. The highest BCUT2D eigenvalue weighted by Crippen LogP contribution is 2.12. The van der Waals surface area contributed by atoms with Crippen LogP contribution in [0.1, 0.15) is 24.5 Å². The van der Waals surface area contributed by atoms with Gasteiger partial charge in [0.15, 0.2) is 0 Å². The molecule has 0 unspecified atom stereocenters. The molecule has 1 aromatic rings. The number of thiocarbonyl (C=S) groups is 1. The summed E-state index contributed by atoms with van der Waals surface area (Å²) in [5.74, 6) is -0.385. The SMILES string of the molecule is CCN(CCCO)Cc1ccc(F)c(C(N)=S)c1. The van der Waals surface area contributed by atoms with Gasteiger partial charge >= 0.3 is 0 Å². The normalized spacial score (nSPS) is 10.9. The van der Waals surface area contributed by atoms with Crippen LogP contribution in [0.15, 0.2) is 18.2 Å². The second kappa shape index (κ2) is 7.41. The number of aliphatic hydroxyl groups is 1. The molecule has 0 amide bonds. The van der Waals surface area contributed by atoms with E-state index in [9.17, 15) is 4.39 Å². The van der Waals surface area contributed by atoms with E-state index in [4.69, 9.17) is 23.1 Å². The number of nitrogens with two attached hydrogens (primary N) is 1. The highest BCUT2D eigenvalue weighted by atomic mass is 32.1. The lowest BCUT2D eigenvalue weighted by Gasteiger charge is -2.20. The summed E-state index contributed by atoms with van der Waals surface area (Å²) in [5, 5.41) is 8.82. The maximum absolute atomic E-state index is 13.4. The van der Waals surface area contributed by atoms with Gasteiger partial charge in [0, 0.05) is 25.3 Å². The molecule has 100 valence electrons. The average Bonchev–Trinajstić information content (AvgIpc) is 2.36. The number of benzene rings is 1. The quantitative estimate of drug-likeness (QED) is 0.740. The molecule has 0 aliphatic heterocycles. The zero-order valence-corrected chi connectivity index (χ0v) is 11.3. The fraction of sp³-hybridized carbons (Fsp3) is 0.462. The summed E-state index contributed by atoms with van der Waals surface area (Å²) in [6.45, 7) is 4.62. The Kier molecular flexibility index (Phi) is 6.18. The molecule has 1 aromatic carbocycles. The highest BCUT2D eigenvalue weighted by Gasteiger charge is 2.08. The largest absolute Gasteiger partial charge is 0.396 e. The maximum atomic E-state index is 13.4. The molecule has 0 atom stereocenters. The van der Waals surface area contributed by atoms with E-state index in [2.05, 4.69) is 11.8 Å². The van der Waals surface area contributed by atoms with Crippen molar-refractivity contribution in [3.8, 4) is 0 Å². The van der Waals surface area contributed by atoms with Crippen molar-refractivity contribution >= 4 is 17.2 Å². The highest BCUT2D eigenvalue weighted by molar-refractivity contribution is 7.80. The standard InChI is InChI=1S/C13H19FN2OS/c1-2-16(6-3-7-17)9-10-4-5-12(14)11(8-10)13(15)18/h4-5,8,17H,2-3,6-7,9H2,1H3,(H2,15,18). The topological polar surface area (TPSA) is 49.5 Å². The Balaban J connectivity index is 2.77. The van der Waals surface area contributed by atoms with Crippen molar-refractivity contribution in [2.45, 2.75) is 19.9 Å². The van der Waals surface area contributed by atoms with Crippen molar-refractivity contribution in [1.29, 1.82) is 0 Å². The van der Waals surface area contributed by atoms with Gasteiger partial charge in [-0.3, -0.25) is 4.90 Å². The minimum Gasteiger partial charge on any atom is -0.396 e. The Hall–Kier alpha value is -1.04. The Morgan fingerprint density at radius 1 is 1.50 bits per heavy atom. The molecular weight excluding hydrogens is 251 g/mol. The molecule has 0 aromatic heterocycles. The first-order valence-corrected chi connectivity index (χ1v) is 6.40. The molecule has 1 rings (SSSR count). The van der Waals surface area contributed by atoms with Gasteiger partial charge in [-0.25, -0.2) is 4.39 Å². The molecule has 0 radical (unpaired) electrons. The molecule has 3 N–H and O–H groups in total. The Bertz CT molecular complexity index is 412. The molecule has 0 saturated carbocycles. The van der Waals surface area contributed by atoms with E-state index in [1.165, 1.54) is 6.07 Å². The third-order valence-electron chi connectivity index (χ3n) is 2.78. The molecule has 5 heteroatoms. The van der Waals surface area contributed by atoms with Crippen LogP contribution in [0.3, 0.4) is 0 Å². The van der Waals surface area contributed by atoms with Gasteiger partial charge in [-0.15, -0.1) is 0 Å². The zero-order valence-electron chi connectivity index (χ0n) is 10.5. The van der Waals surface area contributed by atoms with Crippen LogP contribution in [-0.2, 0) is 6.54 Å². The second-order valence-corrected chi connectivity index (χ2v) is 4.56. The van der Waals surface area contributed by atoms with Crippen molar-refractivity contribution < 1.29 is 9.50 Å². The number of nitrogens with zero attached hydrogens (tertiary/aromatic N) is 1. The van der Waals surface area contributed by atoms with Gasteiger partial charge in [0.1, 0.15) is 10.8 Å². The summed E-state index contributed by atoms with van der Waals surface area (Å²) in [4.78, 5) is 2.25. The molecule has 0 aliphatic rings. The number of aliphatic hydroxyl groups excluding tert-OH is 1.